The molecule has 1 amide bonds. The Balaban J connectivity index is 1.62. The summed E-state index contributed by atoms with van der Waals surface area (Å²) >= 11 is 0. The highest BCUT2D eigenvalue weighted by atomic mass is 19.4. The summed E-state index contributed by atoms with van der Waals surface area (Å²) < 4.78 is 40.2. The number of hydrogen-bond donors (Lipinski definition) is 1. The summed E-state index contributed by atoms with van der Waals surface area (Å²) in [4.78, 5) is 13.5. The van der Waals surface area contributed by atoms with Gasteiger partial charge in [-0.2, -0.15) is 4.80 Å². The van der Waals surface area contributed by atoms with Crippen LogP contribution in [0.2, 0.25) is 0 Å². The van der Waals surface area contributed by atoms with E-state index in [1.807, 2.05) is 0 Å². The molecule has 1 N–H and O–H groups in total. The van der Waals surface area contributed by atoms with Crippen LogP contribution < -0.4 is 10.1 Å². The summed E-state index contributed by atoms with van der Waals surface area (Å²) in [5, 5.41) is 14.5. The van der Waals surface area contributed by atoms with Gasteiger partial charge in [0.1, 0.15) is 5.75 Å². The van der Waals surface area contributed by atoms with Crippen LogP contribution in [0.5, 0.6) is 5.75 Å². The van der Waals surface area contributed by atoms with Gasteiger partial charge in [0.05, 0.1) is 13.5 Å². The predicted octanol–water partition coefficient (Wildman–Crippen LogP) is 2.96. The van der Waals surface area contributed by atoms with Crippen molar-refractivity contribution in [2.75, 3.05) is 5.32 Å². The van der Waals surface area contributed by atoms with Gasteiger partial charge in [-0.15, -0.1) is 23.4 Å². The number of ether oxygens (including phenoxy) is 1. The van der Waals surface area contributed by atoms with Crippen molar-refractivity contribution in [2.24, 2.45) is 7.05 Å². The second-order valence-electron chi connectivity index (χ2n) is 5.60. The van der Waals surface area contributed by atoms with Crippen LogP contribution in [0.25, 0.3) is 11.4 Å². The minimum absolute atomic E-state index is 0.0000813. The predicted molar refractivity (Wildman–Crippen MR) is 89.7 cm³/mol. The minimum Gasteiger partial charge on any atom is -0.406 e. The van der Waals surface area contributed by atoms with Crippen LogP contribution in [0.1, 0.15) is 5.56 Å². The van der Waals surface area contributed by atoms with E-state index in [1.165, 1.54) is 16.9 Å². The Morgan fingerprint density at radius 3 is 2.56 bits per heavy atom. The number of nitrogens with one attached hydrogen (secondary N) is 1. The minimum atomic E-state index is -4.75. The highest BCUT2D eigenvalue weighted by molar-refractivity contribution is 5.92. The number of anilines is 1. The highest BCUT2D eigenvalue weighted by Crippen LogP contribution is 2.23. The van der Waals surface area contributed by atoms with E-state index >= 15 is 0 Å². The first-order valence-electron chi connectivity index (χ1n) is 7.77. The number of aromatic nitrogens is 4. The van der Waals surface area contributed by atoms with Gasteiger partial charge in [0.2, 0.25) is 11.7 Å². The maximum absolute atomic E-state index is 12.2. The Morgan fingerprint density at radius 1 is 1.19 bits per heavy atom. The first kappa shape index (κ1) is 18.4. The SMILES string of the molecule is Cn1nnc(-c2cccc(NC(=O)Cc3ccc(OC(F)(F)F)cc3)c2)n1. The van der Waals surface area contributed by atoms with E-state index in [2.05, 4.69) is 25.5 Å². The molecule has 140 valence electrons. The second-order valence-corrected chi connectivity index (χ2v) is 5.60. The standard InChI is InChI=1S/C17H14F3N5O2/c1-25-23-16(22-24-25)12-3-2-4-13(10-12)21-15(26)9-11-5-7-14(8-6-11)27-17(18,19)20/h2-8,10H,9H2,1H3,(H,21,26). The molecule has 27 heavy (non-hydrogen) atoms. The molecule has 0 aliphatic rings. The first-order chi connectivity index (χ1) is 12.8. The summed E-state index contributed by atoms with van der Waals surface area (Å²) in [6.07, 6.45) is -4.75. The monoisotopic (exact) mass is 377 g/mol. The lowest BCUT2D eigenvalue weighted by Gasteiger charge is -2.09. The molecule has 0 atom stereocenters. The topological polar surface area (TPSA) is 81.9 Å². The Bertz CT molecular complexity index is 938. The van der Waals surface area contributed by atoms with E-state index in [4.69, 9.17) is 0 Å². The van der Waals surface area contributed by atoms with Gasteiger partial charge in [0, 0.05) is 11.3 Å². The number of carbonyl (C=O) groups is 1. The van der Waals surface area contributed by atoms with E-state index in [1.54, 1.807) is 31.3 Å². The summed E-state index contributed by atoms with van der Waals surface area (Å²) in [5.41, 5.74) is 1.78. The molecule has 3 rings (SSSR count). The largest absolute Gasteiger partial charge is 0.573 e. The molecule has 2 aromatic carbocycles. The van der Waals surface area contributed by atoms with Crippen molar-refractivity contribution in [3.8, 4) is 17.1 Å². The molecule has 0 saturated carbocycles. The molecule has 0 saturated heterocycles. The van der Waals surface area contributed by atoms with Crippen LogP contribution in [-0.4, -0.2) is 32.5 Å². The number of tetrazole rings is 1. The Hall–Kier alpha value is -3.43. The molecule has 0 spiro atoms. The van der Waals surface area contributed by atoms with E-state index < -0.39 is 6.36 Å². The number of benzene rings is 2. The summed E-state index contributed by atoms with van der Waals surface area (Å²) in [5.74, 6) is -0.228. The number of alkyl halides is 3. The van der Waals surface area contributed by atoms with Crippen LogP contribution in [0.4, 0.5) is 18.9 Å². The van der Waals surface area contributed by atoms with Crippen molar-refractivity contribution in [3.63, 3.8) is 0 Å². The van der Waals surface area contributed by atoms with E-state index in [0.29, 0.717) is 22.6 Å². The van der Waals surface area contributed by atoms with Crippen LogP contribution in [-0.2, 0) is 18.3 Å². The van der Waals surface area contributed by atoms with Gasteiger partial charge in [-0.3, -0.25) is 4.79 Å². The normalized spacial score (nSPS) is 11.3. The van der Waals surface area contributed by atoms with Crippen molar-refractivity contribution < 1.29 is 22.7 Å². The zero-order chi connectivity index (χ0) is 19.4. The third-order valence-corrected chi connectivity index (χ3v) is 3.43. The smallest absolute Gasteiger partial charge is 0.406 e. The molecule has 10 heteroatoms. The number of amides is 1. The highest BCUT2D eigenvalue weighted by Gasteiger charge is 2.30. The fourth-order valence-electron chi connectivity index (χ4n) is 2.34. The fraction of sp³-hybridized carbons (Fsp3) is 0.176. The number of halogens is 3. The number of rotatable bonds is 5. The zero-order valence-electron chi connectivity index (χ0n) is 14.1. The van der Waals surface area contributed by atoms with Gasteiger partial charge in [-0.1, -0.05) is 24.3 Å². The van der Waals surface area contributed by atoms with Gasteiger partial charge in [0.15, 0.2) is 0 Å². The van der Waals surface area contributed by atoms with Crippen molar-refractivity contribution in [2.45, 2.75) is 12.8 Å². The Labute approximate surface area is 151 Å². The summed E-state index contributed by atoms with van der Waals surface area (Å²) in [7, 11) is 1.65. The summed E-state index contributed by atoms with van der Waals surface area (Å²) in [6.45, 7) is 0. The lowest BCUT2D eigenvalue weighted by Crippen LogP contribution is -2.17. The Kier molecular flexibility index (Phi) is 5.06. The molecule has 7 nitrogen and oxygen atoms in total. The van der Waals surface area contributed by atoms with E-state index in [9.17, 15) is 18.0 Å². The lowest BCUT2D eigenvalue weighted by atomic mass is 10.1. The van der Waals surface area contributed by atoms with Gasteiger partial charge >= 0.3 is 6.36 Å². The molecule has 0 bridgehead atoms. The molecule has 1 heterocycles. The molecule has 0 aliphatic carbocycles. The van der Waals surface area contributed by atoms with Crippen molar-refractivity contribution in [3.05, 3.63) is 54.1 Å². The molecule has 1 aromatic heterocycles. The summed E-state index contributed by atoms with van der Waals surface area (Å²) in [6, 6.07) is 12.1. The van der Waals surface area contributed by atoms with Crippen LogP contribution >= 0.6 is 0 Å². The third kappa shape index (κ3) is 5.27. The Morgan fingerprint density at radius 2 is 1.93 bits per heavy atom. The number of hydrogen-bond acceptors (Lipinski definition) is 5. The van der Waals surface area contributed by atoms with Crippen molar-refractivity contribution >= 4 is 11.6 Å². The zero-order valence-corrected chi connectivity index (χ0v) is 14.1. The molecule has 0 unspecified atom stereocenters. The third-order valence-electron chi connectivity index (χ3n) is 3.43. The van der Waals surface area contributed by atoms with Gasteiger partial charge in [0.25, 0.3) is 0 Å². The molecule has 0 radical (unpaired) electrons. The van der Waals surface area contributed by atoms with Gasteiger partial charge in [-0.25, -0.2) is 0 Å². The van der Waals surface area contributed by atoms with Gasteiger partial charge < -0.3 is 10.1 Å². The average molecular weight is 377 g/mol. The maximum atomic E-state index is 12.2. The number of carbonyl (C=O) groups excluding carboxylic acids is 1. The molecule has 0 fully saturated rings. The van der Waals surface area contributed by atoms with E-state index in [-0.39, 0.29) is 18.1 Å². The quantitative estimate of drug-likeness (QED) is 0.739. The molecular weight excluding hydrogens is 363 g/mol. The molecule has 0 aliphatic heterocycles. The number of aryl methyl sites for hydroxylation is 1. The first-order valence-corrected chi connectivity index (χ1v) is 7.77. The molecule has 3 aromatic rings. The second kappa shape index (κ2) is 7.44. The van der Waals surface area contributed by atoms with Gasteiger partial charge in [-0.05, 0) is 35.0 Å². The molecular formula is C17H14F3N5O2. The van der Waals surface area contributed by atoms with Crippen LogP contribution in [0.3, 0.4) is 0 Å². The maximum Gasteiger partial charge on any atom is 0.573 e. The van der Waals surface area contributed by atoms with E-state index in [0.717, 1.165) is 12.1 Å². The van der Waals surface area contributed by atoms with Crippen LogP contribution in [0.15, 0.2) is 48.5 Å². The van der Waals surface area contributed by atoms with Crippen LogP contribution in [0, 0.1) is 0 Å². The lowest BCUT2D eigenvalue weighted by molar-refractivity contribution is -0.274. The van der Waals surface area contributed by atoms with Crippen molar-refractivity contribution in [1.82, 2.24) is 20.2 Å². The average Bonchev–Trinajstić information content (AvgIpc) is 3.02. The fourth-order valence-corrected chi connectivity index (χ4v) is 2.34. The van der Waals surface area contributed by atoms with Crippen molar-refractivity contribution in [1.29, 1.82) is 0 Å². The number of nitrogens with zero attached hydrogens (tertiary/aromatic N) is 4.